The minimum absolute atomic E-state index is 0.219. The van der Waals surface area contributed by atoms with E-state index in [9.17, 15) is 4.79 Å². The van der Waals surface area contributed by atoms with Crippen LogP contribution in [0, 0.1) is 0 Å². The maximum absolute atomic E-state index is 10.8. The lowest BCUT2D eigenvalue weighted by Crippen LogP contribution is -2.44. The van der Waals surface area contributed by atoms with E-state index in [-0.39, 0.29) is 6.54 Å². The number of carbonyl (C=O) groups is 1. The minimum Gasteiger partial charge on any atom is -0.477 e. The van der Waals surface area contributed by atoms with Gasteiger partial charge in [-0.25, -0.2) is 4.79 Å². The zero-order valence-electron chi connectivity index (χ0n) is 16.8. The van der Waals surface area contributed by atoms with Crippen molar-refractivity contribution in [1.82, 2.24) is 0 Å². The molecular formula is C22H40NO2+. The van der Waals surface area contributed by atoms with Crippen LogP contribution in [-0.4, -0.2) is 42.7 Å². The lowest BCUT2D eigenvalue weighted by Gasteiger charge is -2.27. The van der Waals surface area contributed by atoms with Crippen LogP contribution >= 0.6 is 0 Å². The largest absolute Gasteiger partial charge is 0.477 e. The molecule has 0 aromatic rings. The third-order valence-corrected chi connectivity index (χ3v) is 4.23. The summed E-state index contributed by atoms with van der Waals surface area (Å²) in [5.74, 6) is -0.707. The van der Waals surface area contributed by atoms with Gasteiger partial charge in [-0.05, 0) is 44.9 Å². The quantitative estimate of drug-likeness (QED) is 0.219. The molecule has 0 spiro atoms. The molecule has 0 radical (unpaired) electrons. The second-order valence-corrected chi connectivity index (χ2v) is 7.42. The second-order valence-electron chi connectivity index (χ2n) is 7.42. The molecular weight excluding hydrogens is 310 g/mol. The topological polar surface area (TPSA) is 37.3 Å². The summed E-state index contributed by atoms with van der Waals surface area (Å²) in [6, 6.07) is 0. The van der Waals surface area contributed by atoms with Gasteiger partial charge in [-0.2, -0.15) is 0 Å². The lowest BCUT2D eigenvalue weighted by molar-refractivity contribution is -0.883. The Morgan fingerprint density at radius 2 is 1.32 bits per heavy atom. The molecule has 0 saturated carbocycles. The van der Waals surface area contributed by atoms with Crippen molar-refractivity contribution in [2.24, 2.45) is 0 Å². The standard InChI is InChI=1S/C22H39NO2/c1-4-5-6-7-8-9-10-11-12-13-14-15-16-17-18-19-20-23(2,3)21-22(24)25/h5-6,8-9,11-12H,4,7,10,13-21H2,1-3H3/p+1/b6-5+,9-8+,12-11+. The number of quaternary nitrogens is 1. The molecule has 25 heavy (non-hydrogen) atoms. The summed E-state index contributed by atoms with van der Waals surface area (Å²) in [6.07, 6.45) is 25.3. The number of allylic oxidation sites excluding steroid dienone is 6. The first-order valence-corrected chi connectivity index (χ1v) is 9.96. The first kappa shape index (κ1) is 23.6. The van der Waals surface area contributed by atoms with Gasteiger partial charge in [0.2, 0.25) is 0 Å². The molecule has 0 atom stereocenters. The highest BCUT2D eigenvalue weighted by Gasteiger charge is 2.18. The van der Waals surface area contributed by atoms with Gasteiger partial charge in [-0.15, -0.1) is 0 Å². The van der Waals surface area contributed by atoms with Crippen molar-refractivity contribution < 1.29 is 14.4 Å². The van der Waals surface area contributed by atoms with E-state index in [1.807, 2.05) is 14.1 Å². The molecule has 0 fully saturated rings. The van der Waals surface area contributed by atoms with E-state index in [0.29, 0.717) is 4.48 Å². The van der Waals surface area contributed by atoms with Gasteiger partial charge in [0.05, 0.1) is 20.6 Å². The minimum atomic E-state index is -0.707. The van der Waals surface area contributed by atoms with Crippen LogP contribution in [-0.2, 0) is 4.79 Å². The highest BCUT2D eigenvalue weighted by Crippen LogP contribution is 2.10. The smallest absolute Gasteiger partial charge is 0.359 e. The van der Waals surface area contributed by atoms with Crippen LogP contribution in [0.25, 0.3) is 0 Å². The molecule has 0 amide bonds. The van der Waals surface area contributed by atoms with Gasteiger partial charge in [-0.1, -0.05) is 62.6 Å². The fourth-order valence-corrected chi connectivity index (χ4v) is 2.78. The molecule has 0 aliphatic rings. The van der Waals surface area contributed by atoms with E-state index in [1.165, 1.54) is 38.5 Å². The van der Waals surface area contributed by atoms with Gasteiger partial charge in [0.15, 0.2) is 6.54 Å². The average molecular weight is 351 g/mol. The van der Waals surface area contributed by atoms with Crippen LogP contribution in [0.5, 0.6) is 0 Å². The number of carboxylic acids is 1. The Bertz CT molecular complexity index is 408. The fourth-order valence-electron chi connectivity index (χ4n) is 2.78. The Morgan fingerprint density at radius 1 is 0.800 bits per heavy atom. The van der Waals surface area contributed by atoms with E-state index < -0.39 is 5.97 Å². The first-order valence-electron chi connectivity index (χ1n) is 9.96. The van der Waals surface area contributed by atoms with E-state index in [0.717, 1.165) is 32.2 Å². The SMILES string of the molecule is CC/C=C/C/C=C/C/C=C/CCCCCCCC[N+](C)(C)CC(=O)O. The number of hydrogen-bond acceptors (Lipinski definition) is 1. The Hall–Kier alpha value is -1.35. The van der Waals surface area contributed by atoms with Crippen molar-refractivity contribution in [2.75, 3.05) is 27.2 Å². The number of nitrogens with zero attached hydrogens (tertiary/aromatic N) is 1. The predicted octanol–water partition coefficient (Wildman–Crippen LogP) is 5.74. The zero-order chi connectivity index (χ0) is 18.8. The molecule has 1 N–H and O–H groups in total. The van der Waals surface area contributed by atoms with Crippen LogP contribution < -0.4 is 0 Å². The Labute approximate surface area is 155 Å². The molecule has 3 heteroatoms. The number of carboxylic acid groups (broad SMARTS) is 1. The second kappa shape index (κ2) is 16.1. The lowest BCUT2D eigenvalue weighted by atomic mass is 10.1. The van der Waals surface area contributed by atoms with Crippen LogP contribution in [0.2, 0.25) is 0 Å². The number of aliphatic carboxylic acids is 1. The highest BCUT2D eigenvalue weighted by molar-refractivity contribution is 5.67. The van der Waals surface area contributed by atoms with Crippen LogP contribution in [0.4, 0.5) is 0 Å². The molecule has 0 aromatic heterocycles. The van der Waals surface area contributed by atoms with Gasteiger partial charge in [-0.3, -0.25) is 0 Å². The Kier molecular flexibility index (Phi) is 15.3. The maximum atomic E-state index is 10.8. The van der Waals surface area contributed by atoms with Crippen LogP contribution in [0.15, 0.2) is 36.5 Å². The number of likely N-dealkylation sites (N-methyl/N-ethyl adjacent to an activating group) is 1. The average Bonchev–Trinajstić information content (AvgIpc) is 2.53. The monoisotopic (exact) mass is 350 g/mol. The summed E-state index contributed by atoms with van der Waals surface area (Å²) in [5.41, 5.74) is 0. The fraction of sp³-hybridized carbons (Fsp3) is 0.682. The number of rotatable bonds is 16. The van der Waals surface area contributed by atoms with E-state index in [2.05, 4.69) is 43.4 Å². The van der Waals surface area contributed by atoms with Gasteiger partial charge in [0.1, 0.15) is 0 Å². The van der Waals surface area contributed by atoms with Gasteiger partial charge >= 0.3 is 5.97 Å². The predicted molar refractivity (Wildman–Crippen MR) is 109 cm³/mol. The molecule has 0 bridgehead atoms. The zero-order valence-corrected chi connectivity index (χ0v) is 16.8. The van der Waals surface area contributed by atoms with Crippen molar-refractivity contribution in [3.8, 4) is 0 Å². The van der Waals surface area contributed by atoms with Crippen LogP contribution in [0.1, 0.15) is 71.1 Å². The Morgan fingerprint density at radius 3 is 1.92 bits per heavy atom. The summed E-state index contributed by atoms with van der Waals surface area (Å²) in [5, 5.41) is 8.86. The van der Waals surface area contributed by atoms with Crippen molar-refractivity contribution in [3.05, 3.63) is 36.5 Å². The van der Waals surface area contributed by atoms with E-state index >= 15 is 0 Å². The van der Waals surface area contributed by atoms with Crippen molar-refractivity contribution >= 4 is 5.97 Å². The molecule has 0 unspecified atom stereocenters. The molecule has 0 aliphatic heterocycles. The summed E-state index contributed by atoms with van der Waals surface area (Å²) in [7, 11) is 4.00. The molecule has 144 valence electrons. The molecule has 0 heterocycles. The molecule has 0 aliphatic carbocycles. The number of unbranched alkanes of at least 4 members (excludes halogenated alkanes) is 6. The van der Waals surface area contributed by atoms with Crippen molar-refractivity contribution in [3.63, 3.8) is 0 Å². The molecule has 0 saturated heterocycles. The first-order chi connectivity index (χ1) is 12.0. The summed E-state index contributed by atoms with van der Waals surface area (Å²) < 4.78 is 0.587. The molecule has 0 rings (SSSR count). The van der Waals surface area contributed by atoms with Crippen LogP contribution in [0.3, 0.4) is 0 Å². The van der Waals surface area contributed by atoms with Crippen molar-refractivity contribution in [1.29, 1.82) is 0 Å². The summed E-state index contributed by atoms with van der Waals surface area (Å²) >= 11 is 0. The summed E-state index contributed by atoms with van der Waals surface area (Å²) in [6.45, 7) is 3.33. The van der Waals surface area contributed by atoms with Crippen molar-refractivity contribution in [2.45, 2.75) is 71.1 Å². The van der Waals surface area contributed by atoms with Gasteiger partial charge < -0.3 is 9.59 Å². The van der Waals surface area contributed by atoms with Gasteiger partial charge in [0.25, 0.3) is 0 Å². The molecule has 0 aromatic carbocycles. The maximum Gasteiger partial charge on any atom is 0.359 e. The molecule has 3 nitrogen and oxygen atoms in total. The van der Waals surface area contributed by atoms with E-state index in [1.54, 1.807) is 0 Å². The summed E-state index contributed by atoms with van der Waals surface area (Å²) in [4.78, 5) is 10.8. The Balaban J connectivity index is 3.40. The highest BCUT2D eigenvalue weighted by atomic mass is 16.4. The number of hydrogen-bond donors (Lipinski definition) is 1. The van der Waals surface area contributed by atoms with Gasteiger partial charge in [0, 0.05) is 0 Å². The normalized spacial score (nSPS) is 12.8. The third-order valence-electron chi connectivity index (χ3n) is 4.23. The third kappa shape index (κ3) is 18.8. The van der Waals surface area contributed by atoms with E-state index in [4.69, 9.17) is 5.11 Å².